The minimum absolute atomic E-state index is 0.0311. The van der Waals surface area contributed by atoms with Crippen LogP contribution in [-0.4, -0.2) is 48.4 Å². The lowest BCUT2D eigenvalue weighted by molar-refractivity contribution is 0.0575. The summed E-state index contributed by atoms with van der Waals surface area (Å²) >= 11 is 0. The van der Waals surface area contributed by atoms with Crippen LogP contribution in [0.4, 0.5) is 4.79 Å². The van der Waals surface area contributed by atoms with Crippen molar-refractivity contribution in [2.75, 3.05) is 26.3 Å². The van der Waals surface area contributed by atoms with Crippen LogP contribution < -0.4 is 5.32 Å². The van der Waals surface area contributed by atoms with Gasteiger partial charge in [-0.25, -0.2) is 4.79 Å². The SMILES string of the molecule is CCCCOC(=O)N1CCC(N[C@@H](C)c2ccccc2)C(CO)C1. The highest BCUT2D eigenvalue weighted by Crippen LogP contribution is 2.22. The van der Waals surface area contributed by atoms with Crippen molar-refractivity contribution in [3.8, 4) is 0 Å². The second kappa shape index (κ2) is 9.64. The smallest absolute Gasteiger partial charge is 0.409 e. The molecule has 3 atom stereocenters. The number of benzene rings is 1. The van der Waals surface area contributed by atoms with Crippen LogP contribution in [0, 0.1) is 5.92 Å². The highest BCUT2D eigenvalue weighted by molar-refractivity contribution is 5.67. The van der Waals surface area contributed by atoms with Crippen LogP contribution in [0.3, 0.4) is 0 Å². The van der Waals surface area contributed by atoms with Gasteiger partial charge in [-0.1, -0.05) is 43.7 Å². The summed E-state index contributed by atoms with van der Waals surface area (Å²) in [4.78, 5) is 13.8. The summed E-state index contributed by atoms with van der Waals surface area (Å²) in [5.41, 5.74) is 1.23. The second-order valence-electron chi connectivity index (χ2n) is 6.55. The van der Waals surface area contributed by atoms with Gasteiger partial charge in [0.25, 0.3) is 0 Å². The summed E-state index contributed by atoms with van der Waals surface area (Å²) in [6.07, 6.45) is 2.47. The molecule has 0 aromatic heterocycles. The molecule has 0 spiro atoms. The lowest BCUT2D eigenvalue weighted by Gasteiger charge is -2.39. The molecule has 2 rings (SSSR count). The predicted octanol–water partition coefficient (Wildman–Crippen LogP) is 2.96. The average molecular weight is 334 g/mol. The van der Waals surface area contributed by atoms with Crippen molar-refractivity contribution in [3.05, 3.63) is 35.9 Å². The first kappa shape index (κ1) is 18.7. The number of amides is 1. The molecule has 0 aliphatic carbocycles. The van der Waals surface area contributed by atoms with Gasteiger partial charge in [0.15, 0.2) is 0 Å². The molecule has 1 aromatic carbocycles. The Bertz CT molecular complexity index is 495. The van der Waals surface area contributed by atoms with E-state index in [4.69, 9.17) is 4.74 Å². The highest BCUT2D eigenvalue weighted by Gasteiger charge is 2.32. The van der Waals surface area contributed by atoms with E-state index < -0.39 is 0 Å². The van der Waals surface area contributed by atoms with E-state index in [0.717, 1.165) is 19.3 Å². The first-order chi connectivity index (χ1) is 11.7. The Balaban J connectivity index is 1.87. The molecule has 134 valence electrons. The largest absolute Gasteiger partial charge is 0.449 e. The third-order valence-electron chi connectivity index (χ3n) is 4.71. The summed E-state index contributed by atoms with van der Waals surface area (Å²) in [6, 6.07) is 10.7. The Labute approximate surface area is 145 Å². The van der Waals surface area contributed by atoms with Crippen LogP contribution in [0.25, 0.3) is 0 Å². The van der Waals surface area contributed by atoms with E-state index >= 15 is 0 Å². The van der Waals surface area contributed by atoms with Crippen LogP contribution in [0.2, 0.25) is 0 Å². The van der Waals surface area contributed by atoms with E-state index in [2.05, 4.69) is 31.3 Å². The van der Waals surface area contributed by atoms with Gasteiger partial charge in [0, 0.05) is 37.7 Å². The molecule has 5 nitrogen and oxygen atoms in total. The van der Waals surface area contributed by atoms with Crippen molar-refractivity contribution in [3.63, 3.8) is 0 Å². The molecule has 2 unspecified atom stereocenters. The molecular formula is C19H30N2O3. The zero-order valence-electron chi connectivity index (χ0n) is 14.8. The lowest BCUT2D eigenvalue weighted by atomic mass is 9.91. The third-order valence-corrected chi connectivity index (χ3v) is 4.71. The number of rotatable bonds is 7. The van der Waals surface area contributed by atoms with Crippen LogP contribution in [-0.2, 0) is 4.74 Å². The van der Waals surface area contributed by atoms with E-state index in [1.54, 1.807) is 4.90 Å². The Morgan fingerprint density at radius 1 is 1.42 bits per heavy atom. The van der Waals surface area contributed by atoms with E-state index in [0.29, 0.717) is 19.7 Å². The first-order valence-corrected chi connectivity index (χ1v) is 8.99. The number of hydrogen-bond acceptors (Lipinski definition) is 4. The number of hydrogen-bond donors (Lipinski definition) is 2. The molecule has 0 radical (unpaired) electrons. The van der Waals surface area contributed by atoms with Crippen molar-refractivity contribution in [1.82, 2.24) is 10.2 Å². The fourth-order valence-corrected chi connectivity index (χ4v) is 3.16. The van der Waals surface area contributed by atoms with Gasteiger partial charge < -0.3 is 20.1 Å². The molecule has 0 saturated carbocycles. The number of aliphatic hydroxyl groups excluding tert-OH is 1. The number of unbranched alkanes of at least 4 members (excludes halogenated alkanes) is 1. The zero-order chi connectivity index (χ0) is 17.4. The lowest BCUT2D eigenvalue weighted by Crippen LogP contribution is -2.52. The maximum atomic E-state index is 12.1. The molecule has 1 aliphatic heterocycles. The predicted molar refractivity (Wildman–Crippen MR) is 94.8 cm³/mol. The first-order valence-electron chi connectivity index (χ1n) is 8.99. The summed E-state index contributed by atoms with van der Waals surface area (Å²) in [5, 5.41) is 13.3. The zero-order valence-corrected chi connectivity index (χ0v) is 14.8. The standard InChI is InChI=1S/C19H30N2O3/c1-3-4-12-24-19(23)21-11-10-18(17(13-21)14-22)20-15(2)16-8-6-5-7-9-16/h5-9,15,17-18,20,22H,3-4,10-14H2,1-2H3/t15-,17?,18?/m0/s1. The fourth-order valence-electron chi connectivity index (χ4n) is 3.16. The van der Waals surface area contributed by atoms with Gasteiger partial charge >= 0.3 is 6.09 Å². The highest BCUT2D eigenvalue weighted by atomic mass is 16.6. The van der Waals surface area contributed by atoms with Crippen LogP contribution >= 0.6 is 0 Å². The Kier molecular flexibility index (Phi) is 7.53. The maximum absolute atomic E-state index is 12.1. The number of nitrogens with zero attached hydrogens (tertiary/aromatic N) is 1. The minimum atomic E-state index is -0.253. The van der Waals surface area contributed by atoms with Crippen molar-refractivity contribution >= 4 is 6.09 Å². The quantitative estimate of drug-likeness (QED) is 0.753. The molecule has 1 amide bonds. The van der Waals surface area contributed by atoms with Gasteiger partial charge in [-0.15, -0.1) is 0 Å². The monoisotopic (exact) mass is 334 g/mol. The van der Waals surface area contributed by atoms with E-state index in [1.165, 1.54) is 5.56 Å². The number of likely N-dealkylation sites (tertiary alicyclic amines) is 1. The molecule has 1 fully saturated rings. The topological polar surface area (TPSA) is 61.8 Å². The Hall–Kier alpha value is -1.59. The van der Waals surface area contributed by atoms with Crippen molar-refractivity contribution < 1.29 is 14.6 Å². The van der Waals surface area contributed by atoms with Gasteiger partial charge in [0.1, 0.15) is 0 Å². The van der Waals surface area contributed by atoms with Crippen molar-refractivity contribution in [2.24, 2.45) is 5.92 Å². The summed E-state index contributed by atoms with van der Waals surface area (Å²) in [7, 11) is 0. The van der Waals surface area contributed by atoms with E-state index in [9.17, 15) is 9.90 Å². The average Bonchev–Trinajstić information content (AvgIpc) is 2.62. The fraction of sp³-hybridized carbons (Fsp3) is 0.632. The summed E-state index contributed by atoms with van der Waals surface area (Å²) < 4.78 is 5.29. The van der Waals surface area contributed by atoms with Crippen molar-refractivity contribution in [1.29, 1.82) is 0 Å². The van der Waals surface area contributed by atoms with Crippen LogP contribution in [0.5, 0.6) is 0 Å². The van der Waals surface area contributed by atoms with Crippen LogP contribution in [0.15, 0.2) is 30.3 Å². The van der Waals surface area contributed by atoms with Gasteiger partial charge in [0.05, 0.1) is 6.61 Å². The molecule has 0 bridgehead atoms. The summed E-state index contributed by atoms with van der Waals surface area (Å²) in [6.45, 7) is 5.96. The molecule has 5 heteroatoms. The van der Waals surface area contributed by atoms with Crippen LogP contribution in [0.1, 0.15) is 44.7 Å². The second-order valence-corrected chi connectivity index (χ2v) is 6.55. The molecule has 1 saturated heterocycles. The van der Waals surface area contributed by atoms with Gasteiger partial charge in [-0.2, -0.15) is 0 Å². The molecule has 1 heterocycles. The number of ether oxygens (including phenoxy) is 1. The normalized spacial score (nSPS) is 22.2. The van der Waals surface area contributed by atoms with Gasteiger partial charge in [-0.05, 0) is 25.3 Å². The number of carbonyl (C=O) groups is 1. The number of carbonyl (C=O) groups excluding carboxylic acids is 1. The van der Waals surface area contributed by atoms with Crippen molar-refractivity contribution in [2.45, 2.75) is 45.2 Å². The number of aliphatic hydroxyl groups is 1. The molecule has 24 heavy (non-hydrogen) atoms. The molecular weight excluding hydrogens is 304 g/mol. The minimum Gasteiger partial charge on any atom is -0.449 e. The summed E-state index contributed by atoms with van der Waals surface area (Å²) in [5.74, 6) is 0.0311. The molecule has 1 aromatic rings. The number of nitrogens with one attached hydrogen (secondary N) is 1. The van der Waals surface area contributed by atoms with E-state index in [-0.39, 0.29) is 30.7 Å². The molecule has 2 N–H and O–H groups in total. The third kappa shape index (κ3) is 5.21. The Morgan fingerprint density at radius 2 is 2.17 bits per heavy atom. The Morgan fingerprint density at radius 3 is 2.83 bits per heavy atom. The van der Waals surface area contributed by atoms with Gasteiger partial charge in [-0.3, -0.25) is 0 Å². The molecule has 1 aliphatic rings. The maximum Gasteiger partial charge on any atom is 0.409 e. The van der Waals surface area contributed by atoms with Gasteiger partial charge in [0.2, 0.25) is 0 Å². The van der Waals surface area contributed by atoms with E-state index in [1.807, 2.05) is 18.2 Å². The number of piperidine rings is 1.